The molecule has 2 aliphatic heterocycles. The lowest BCUT2D eigenvalue weighted by Gasteiger charge is -2.49. The molecule has 4 rings (SSSR count). The number of benzene rings is 1. The van der Waals surface area contributed by atoms with Gasteiger partial charge in [-0.3, -0.25) is 4.90 Å². The minimum Gasteiger partial charge on any atom is -0.381 e. The molecule has 1 aliphatic carbocycles. The number of fused-ring (bicyclic) bond motifs is 2. The van der Waals surface area contributed by atoms with Gasteiger partial charge in [0.05, 0.1) is 0 Å². The molecule has 3 heteroatoms. The second-order valence-electron chi connectivity index (χ2n) is 7.17. The van der Waals surface area contributed by atoms with Gasteiger partial charge in [0.15, 0.2) is 0 Å². The third kappa shape index (κ3) is 3.14. The average Bonchev–Trinajstić information content (AvgIpc) is 3.26. The molecule has 3 fully saturated rings. The molecule has 2 nitrogen and oxygen atoms in total. The second-order valence-corrected chi connectivity index (χ2v) is 8.03. The Morgan fingerprint density at radius 1 is 1.05 bits per heavy atom. The summed E-state index contributed by atoms with van der Waals surface area (Å²) in [4.78, 5) is 2.87. The third-order valence-corrected chi connectivity index (χ3v) is 6.22. The van der Waals surface area contributed by atoms with Crippen molar-refractivity contribution in [3.63, 3.8) is 0 Å². The van der Waals surface area contributed by atoms with Crippen molar-refractivity contribution in [2.24, 2.45) is 5.92 Å². The van der Waals surface area contributed by atoms with Crippen molar-refractivity contribution in [3.8, 4) is 0 Å². The zero-order valence-corrected chi connectivity index (χ0v) is 14.2. The van der Waals surface area contributed by atoms with Crippen molar-refractivity contribution in [2.75, 3.05) is 11.9 Å². The number of halogens is 1. The molecule has 2 unspecified atom stereocenters. The first-order chi connectivity index (χ1) is 10.3. The molecule has 0 amide bonds. The summed E-state index contributed by atoms with van der Waals surface area (Å²) in [6.07, 6.45) is 9.88. The first-order valence-electron chi connectivity index (χ1n) is 8.56. The Morgan fingerprint density at radius 2 is 1.76 bits per heavy atom. The Balaban J connectivity index is 1.44. The Hall–Kier alpha value is -0.540. The van der Waals surface area contributed by atoms with Crippen LogP contribution in [0.5, 0.6) is 0 Å². The first kappa shape index (κ1) is 14.1. The highest BCUT2D eigenvalue weighted by atomic mass is 79.9. The number of nitrogens with zero attached hydrogens (tertiary/aromatic N) is 1. The average molecular weight is 349 g/mol. The molecular weight excluding hydrogens is 324 g/mol. The summed E-state index contributed by atoms with van der Waals surface area (Å²) in [7, 11) is 0. The summed E-state index contributed by atoms with van der Waals surface area (Å²) >= 11 is 3.66. The van der Waals surface area contributed by atoms with E-state index in [1.807, 2.05) is 0 Å². The summed E-state index contributed by atoms with van der Waals surface area (Å²) in [5.41, 5.74) is 1.26. The van der Waals surface area contributed by atoms with Crippen LogP contribution in [0.2, 0.25) is 0 Å². The molecule has 1 aromatic carbocycles. The fraction of sp³-hybridized carbons (Fsp3) is 0.667. The molecule has 0 aromatic heterocycles. The molecule has 3 aliphatic rings. The van der Waals surface area contributed by atoms with E-state index in [1.54, 1.807) is 0 Å². The lowest BCUT2D eigenvalue weighted by atomic mass is 9.81. The zero-order chi connectivity index (χ0) is 14.2. The van der Waals surface area contributed by atoms with Gasteiger partial charge >= 0.3 is 0 Å². The normalized spacial score (nSPS) is 32.9. The van der Waals surface area contributed by atoms with E-state index in [4.69, 9.17) is 0 Å². The Morgan fingerprint density at radius 3 is 2.43 bits per heavy atom. The Bertz CT molecular complexity index is 486. The maximum atomic E-state index is 3.79. The highest BCUT2D eigenvalue weighted by molar-refractivity contribution is 9.10. The van der Waals surface area contributed by atoms with E-state index in [-0.39, 0.29) is 0 Å². The van der Waals surface area contributed by atoms with Crippen LogP contribution in [0, 0.1) is 5.92 Å². The van der Waals surface area contributed by atoms with Gasteiger partial charge in [0.2, 0.25) is 0 Å². The highest BCUT2D eigenvalue weighted by Gasteiger charge is 2.40. The summed E-state index contributed by atoms with van der Waals surface area (Å²) in [5.74, 6) is 1.03. The number of para-hydroxylation sites is 1. The van der Waals surface area contributed by atoms with Crippen molar-refractivity contribution in [2.45, 2.75) is 63.1 Å². The molecular formula is C18H25BrN2. The van der Waals surface area contributed by atoms with Crippen LogP contribution in [-0.4, -0.2) is 29.6 Å². The van der Waals surface area contributed by atoms with Gasteiger partial charge in [0.1, 0.15) is 0 Å². The predicted molar refractivity (Wildman–Crippen MR) is 91.6 cm³/mol. The van der Waals surface area contributed by atoms with Crippen LogP contribution in [0.15, 0.2) is 28.7 Å². The van der Waals surface area contributed by atoms with Gasteiger partial charge in [0, 0.05) is 34.8 Å². The van der Waals surface area contributed by atoms with E-state index in [1.165, 1.54) is 61.7 Å². The van der Waals surface area contributed by atoms with Crippen LogP contribution in [-0.2, 0) is 0 Å². The van der Waals surface area contributed by atoms with Crippen LogP contribution < -0.4 is 5.32 Å². The van der Waals surface area contributed by atoms with Crippen molar-refractivity contribution in [1.82, 2.24) is 4.90 Å². The maximum absolute atomic E-state index is 3.79. The zero-order valence-electron chi connectivity index (χ0n) is 12.6. The number of piperidine rings is 2. The SMILES string of the molecule is Brc1ccccc1NC1CC2CCCC(C1)N2CC1CC1. The molecule has 1 saturated carbocycles. The van der Waals surface area contributed by atoms with Crippen LogP contribution in [0.1, 0.15) is 44.9 Å². The monoisotopic (exact) mass is 348 g/mol. The first-order valence-corrected chi connectivity index (χ1v) is 9.35. The molecule has 0 spiro atoms. The topological polar surface area (TPSA) is 15.3 Å². The third-order valence-electron chi connectivity index (χ3n) is 5.53. The quantitative estimate of drug-likeness (QED) is 0.851. The minimum absolute atomic E-state index is 0.648. The molecule has 1 N–H and O–H groups in total. The molecule has 2 atom stereocenters. The Labute approximate surface area is 136 Å². The van der Waals surface area contributed by atoms with E-state index in [9.17, 15) is 0 Å². The van der Waals surface area contributed by atoms with E-state index >= 15 is 0 Å². The number of nitrogens with one attached hydrogen (secondary N) is 1. The standard InChI is InChI=1S/C18H25BrN2/c19-17-6-1-2-7-18(17)20-14-10-15-4-3-5-16(11-14)21(15)12-13-8-9-13/h1-2,6-7,13-16,20H,3-5,8-12H2. The molecule has 21 heavy (non-hydrogen) atoms. The van der Waals surface area contributed by atoms with E-state index in [0.717, 1.165) is 18.0 Å². The maximum Gasteiger partial charge on any atom is 0.0486 e. The minimum atomic E-state index is 0.648. The van der Waals surface area contributed by atoms with Gasteiger partial charge in [-0.15, -0.1) is 0 Å². The van der Waals surface area contributed by atoms with Crippen LogP contribution in [0.25, 0.3) is 0 Å². The lowest BCUT2D eigenvalue weighted by molar-refractivity contribution is 0.0310. The lowest BCUT2D eigenvalue weighted by Crippen LogP contribution is -2.55. The summed E-state index contributed by atoms with van der Waals surface area (Å²) < 4.78 is 1.19. The van der Waals surface area contributed by atoms with Gasteiger partial charge < -0.3 is 5.32 Å². The smallest absolute Gasteiger partial charge is 0.0486 e. The summed E-state index contributed by atoms with van der Waals surface area (Å²) in [6.45, 7) is 1.39. The fourth-order valence-corrected chi connectivity index (χ4v) is 4.69. The fourth-order valence-electron chi connectivity index (χ4n) is 4.29. The van der Waals surface area contributed by atoms with Gasteiger partial charge in [-0.2, -0.15) is 0 Å². The predicted octanol–water partition coefficient (Wildman–Crippen LogP) is 4.66. The molecule has 1 aromatic rings. The van der Waals surface area contributed by atoms with E-state index < -0.39 is 0 Å². The number of hydrogen-bond donors (Lipinski definition) is 1. The molecule has 2 heterocycles. The van der Waals surface area contributed by atoms with Gasteiger partial charge in [-0.1, -0.05) is 18.6 Å². The number of rotatable bonds is 4. The largest absolute Gasteiger partial charge is 0.381 e. The van der Waals surface area contributed by atoms with Gasteiger partial charge in [-0.05, 0) is 72.5 Å². The number of anilines is 1. The van der Waals surface area contributed by atoms with E-state index in [2.05, 4.69) is 50.4 Å². The van der Waals surface area contributed by atoms with E-state index in [0.29, 0.717) is 6.04 Å². The van der Waals surface area contributed by atoms with Crippen molar-refractivity contribution in [1.29, 1.82) is 0 Å². The molecule has 114 valence electrons. The second kappa shape index (κ2) is 5.92. The van der Waals surface area contributed by atoms with Crippen LogP contribution >= 0.6 is 15.9 Å². The van der Waals surface area contributed by atoms with Crippen molar-refractivity contribution < 1.29 is 0 Å². The van der Waals surface area contributed by atoms with Gasteiger partial charge in [0.25, 0.3) is 0 Å². The summed E-state index contributed by atoms with van der Waals surface area (Å²) in [6, 6.07) is 10.8. The van der Waals surface area contributed by atoms with Gasteiger partial charge in [-0.25, -0.2) is 0 Å². The van der Waals surface area contributed by atoms with Crippen LogP contribution in [0.3, 0.4) is 0 Å². The highest BCUT2D eigenvalue weighted by Crippen LogP contribution is 2.39. The molecule has 2 saturated heterocycles. The van der Waals surface area contributed by atoms with Crippen LogP contribution in [0.4, 0.5) is 5.69 Å². The summed E-state index contributed by atoms with van der Waals surface area (Å²) in [5, 5.41) is 3.79. The molecule has 2 bridgehead atoms. The number of hydrogen-bond acceptors (Lipinski definition) is 2. The Kier molecular flexibility index (Phi) is 3.97. The van der Waals surface area contributed by atoms with Crippen molar-refractivity contribution in [3.05, 3.63) is 28.7 Å². The van der Waals surface area contributed by atoms with Crippen molar-refractivity contribution >= 4 is 21.6 Å². The molecule has 0 radical (unpaired) electrons.